The van der Waals surface area contributed by atoms with Gasteiger partial charge in [0.25, 0.3) is 0 Å². The quantitative estimate of drug-likeness (QED) is 0.674. The lowest BCUT2D eigenvalue weighted by atomic mass is 10.2. The Morgan fingerprint density at radius 2 is 2.18 bits per heavy atom. The molecule has 1 aliphatic heterocycles. The van der Waals surface area contributed by atoms with Crippen molar-refractivity contribution in [3.05, 3.63) is 0 Å². The third kappa shape index (κ3) is 6.07. The zero-order chi connectivity index (χ0) is 12.7. The zero-order valence-corrected chi connectivity index (χ0v) is 11.4. The van der Waals surface area contributed by atoms with E-state index in [4.69, 9.17) is 4.74 Å². The minimum absolute atomic E-state index is 0.136. The number of thioether (sulfide) groups is 1. The van der Waals surface area contributed by atoms with Crippen LogP contribution in [0.25, 0.3) is 0 Å². The summed E-state index contributed by atoms with van der Waals surface area (Å²) in [5.74, 6) is 0.951. The van der Waals surface area contributed by atoms with Crippen LogP contribution in [0.5, 0.6) is 0 Å². The molecule has 0 spiro atoms. The fourth-order valence-electron chi connectivity index (χ4n) is 1.84. The molecule has 1 heterocycles. The van der Waals surface area contributed by atoms with Gasteiger partial charge in [0.1, 0.15) is 5.78 Å². The second-order valence-corrected chi connectivity index (χ2v) is 5.81. The lowest BCUT2D eigenvalue weighted by molar-refractivity contribution is -0.144. The van der Waals surface area contributed by atoms with E-state index in [0.717, 1.165) is 18.8 Å². The van der Waals surface area contributed by atoms with E-state index in [1.54, 1.807) is 6.92 Å². The van der Waals surface area contributed by atoms with Gasteiger partial charge in [-0.3, -0.25) is 14.5 Å². The van der Waals surface area contributed by atoms with E-state index in [1.807, 2.05) is 11.8 Å². The molecule has 1 saturated heterocycles. The molecule has 0 aromatic heterocycles. The highest BCUT2D eigenvalue weighted by Gasteiger charge is 2.19. The van der Waals surface area contributed by atoms with Gasteiger partial charge in [0, 0.05) is 30.5 Å². The minimum Gasteiger partial charge on any atom is -0.466 e. The van der Waals surface area contributed by atoms with Crippen LogP contribution in [0.2, 0.25) is 0 Å². The van der Waals surface area contributed by atoms with E-state index in [1.165, 1.54) is 0 Å². The van der Waals surface area contributed by atoms with Crippen LogP contribution in [0.15, 0.2) is 0 Å². The molecule has 1 aliphatic rings. The van der Waals surface area contributed by atoms with E-state index in [2.05, 4.69) is 11.8 Å². The number of carbonyl (C=O) groups excluding carboxylic acids is 2. The fourth-order valence-corrected chi connectivity index (χ4v) is 2.92. The Bertz CT molecular complexity index is 270. The molecule has 0 aromatic rings. The molecule has 0 saturated carbocycles. The van der Waals surface area contributed by atoms with Crippen LogP contribution >= 0.6 is 11.8 Å². The molecule has 1 atom stereocenters. The molecule has 98 valence electrons. The summed E-state index contributed by atoms with van der Waals surface area (Å²) in [6.45, 7) is 6.75. The van der Waals surface area contributed by atoms with E-state index in [-0.39, 0.29) is 18.2 Å². The number of ketones is 1. The van der Waals surface area contributed by atoms with Crippen LogP contribution in [0.3, 0.4) is 0 Å². The van der Waals surface area contributed by atoms with Crippen molar-refractivity contribution in [3.63, 3.8) is 0 Å². The van der Waals surface area contributed by atoms with Crippen LogP contribution in [0.4, 0.5) is 0 Å². The number of Topliss-reactive ketones (excluding diaryl/α,β-unsaturated/α-hetero) is 1. The summed E-state index contributed by atoms with van der Waals surface area (Å²) in [5, 5.41) is 0.599. The lowest BCUT2D eigenvalue weighted by Crippen LogP contribution is -2.39. The standard InChI is InChI=1S/C12H21NO3S/c1-3-16-12(15)5-4-11(14)9-13-6-7-17-10(2)8-13/h10H,3-9H2,1-2H3. The minimum atomic E-state index is -0.275. The summed E-state index contributed by atoms with van der Waals surface area (Å²) in [6, 6.07) is 0. The maximum atomic E-state index is 11.7. The Balaban J connectivity index is 2.18. The molecular formula is C12H21NO3S. The molecule has 4 nitrogen and oxygen atoms in total. The highest BCUT2D eigenvalue weighted by atomic mass is 32.2. The van der Waals surface area contributed by atoms with Gasteiger partial charge in [-0.2, -0.15) is 11.8 Å². The number of ether oxygens (including phenoxy) is 1. The highest BCUT2D eigenvalue weighted by molar-refractivity contribution is 7.99. The molecule has 1 fully saturated rings. The van der Waals surface area contributed by atoms with Gasteiger partial charge >= 0.3 is 5.97 Å². The van der Waals surface area contributed by atoms with Gasteiger partial charge in [0.15, 0.2) is 0 Å². The van der Waals surface area contributed by atoms with Crippen molar-refractivity contribution in [2.45, 2.75) is 31.9 Å². The summed E-state index contributed by atoms with van der Waals surface area (Å²) >= 11 is 1.95. The predicted octanol–water partition coefficient (Wildman–Crippen LogP) is 1.34. The monoisotopic (exact) mass is 259 g/mol. The van der Waals surface area contributed by atoms with Crippen molar-refractivity contribution in [2.75, 3.05) is 32.0 Å². The van der Waals surface area contributed by atoms with Gasteiger partial charge in [-0.25, -0.2) is 0 Å². The van der Waals surface area contributed by atoms with Gasteiger partial charge in [-0.15, -0.1) is 0 Å². The summed E-state index contributed by atoms with van der Waals surface area (Å²) in [6.07, 6.45) is 0.516. The molecule has 5 heteroatoms. The van der Waals surface area contributed by atoms with Crippen molar-refractivity contribution in [1.82, 2.24) is 4.90 Å². The Morgan fingerprint density at radius 1 is 1.41 bits per heavy atom. The third-order valence-corrected chi connectivity index (χ3v) is 3.77. The van der Waals surface area contributed by atoms with Crippen LogP contribution in [-0.4, -0.2) is 53.9 Å². The van der Waals surface area contributed by atoms with Crippen molar-refractivity contribution >= 4 is 23.5 Å². The van der Waals surface area contributed by atoms with Crippen molar-refractivity contribution in [1.29, 1.82) is 0 Å². The first kappa shape index (κ1) is 14.5. The fraction of sp³-hybridized carbons (Fsp3) is 0.833. The SMILES string of the molecule is CCOC(=O)CCC(=O)CN1CCSC(C)C1. The topological polar surface area (TPSA) is 46.6 Å². The molecule has 0 amide bonds. The Morgan fingerprint density at radius 3 is 2.82 bits per heavy atom. The zero-order valence-electron chi connectivity index (χ0n) is 10.6. The van der Waals surface area contributed by atoms with Crippen LogP contribution in [0.1, 0.15) is 26.7 Å². The van der Waals surface area contributed by atoms with Gasteiger partial charge < -0.3 is 4.74 Å². The number of esters is 1. The van der Waals surface area contributed by atoms with E-state index >= 15 is 0 Å². The molecule has 1 unspecified atom stereocenters. The summed E-state index contributed by atoms with van der Waals surface area (Å²) in [7, 11) is 0. The molecule has 17 heavy (non-hydrogen) atoms. The molecule has 0 N–H and O–H groups in total. The average Bonchev–Trinajstić information content (AvgIpc) is 2.27. The van der Waals surface area contributed by atoms with Gasteiger partial charge in [0.05, 0.1) is 19.6 Å². The average molecular weight is 259 g/mol. The van der Waals surface area contributed by atoms with E-state index < -0.39 is 0 Å². The first-order valence-electron chi connectivity index (χ1n) is 6.13. The molecule has 0 aromatic carbocycles. The van der Waals surface area contributed by atoms with Crippen LogP contribution < -0.4 is 0 Å². The summed E-state index contributed by atoms with van der Waals surface area (Å²) < 4.78 is 4.79. The lowest BCUT2D eigenvalue weighted by Gasteiger charge is -2.29. The molecule has 0 radical (unpaired) electrons. The smallest absolute Gasteiger partial charge is 0.306 e. The second-order valence-electron chi connectivity index (χ2n) is 4.26. The molecule has 0 bridgehead atoms. The number of carbonyl (C=O) groups is 2. The van der Waals surface area contributed by atoms with Gasteiger partial charge in [-0.05, 0) is 6.92 Å². The van der Waals surface area contributed by atoms with E-state index in [9.17, 15) is 9.59 Å². The van der Waals surface area contributed by atoms with Gasteiger partial charge in [-0.1, -0.05) is 6.92 Å². The van der Waals surface area contributed by atoms with Crippen molar-refractivity contribution in [2.24, 2.45) is 0 Å². The Hall–Kier alpha value is -0.550. The second kappa shape index (κ2) is 7.71. The number of rotatable bonds is 6. The summed E-state index contributed by atoms with van der Waals surface area (Å²) in [4.78, 5) is 24.9. The van der Waals surface area contributed by atoms with Crippen LogP contribution in [0, 0.1) is 0 Å². The predicted molar refractivity (Wildman–Crippen MR) is 69.2 cm³/mol. The third-order valence-electron chi connectivity index (χ3n) is 2.64. The molecule has 1 rings (SSSR count). The van der Waals surface area contributed by atoms with E-state index in [0.29, 0.717) is 24.8 Å². The van der Waals surface area contributed by atoms with Gasteiger partial charge in [0.2, 0.25) is 0 Å². The van der Waals surface area contributed by atoms with Crippen molar-refractivity contribution in [3.8, 4) is 0 Å². The maximum Gasteiger partial charge on any atom is 0.306 e. The Kier molecular flexibility index (Phi) is 6.58. The first-order valence-corrected chi connectivity index (χ1v) is 7.18. The number of nitrogens with zero attached hydrogens (tertiary/aromatic N) is 1. The highest BCUT2D eigenvalue weighted by Crippen LogP contribution is 2.17. The normalized spacial score (nSPS) is 21.2. The van der Waals surface area contributed by atoms with Crippen LogP contribution in [-0.2, 0) is 14.3 Å². The number of hydrogen-bond donors (Lipinski definition) is 0. The summed E-state index contributed by atoms with van der Waals surface area (Å²) in [5.41, 5.74) is 0. The molecule has 0 aliphatic carbocycles. The largest absolute Gasteiger partial charge is 0.466 e. The first-order chi connectivity index (χ1) is 8.11. The number of hydrogen-bond acceptors (Lipinski definition) is 5. The molecular weight excluding hydrogens is 238 g/mol. The Labute approximate surface area is 107 Å². The maximum absolute atomic E-state index is 11.7. The van der Waals surface area contributed by atoms with Crippen molar-refractivity contribution < 1.29 is 14.3 Å².